The lowest BCUT2D eigenvalue weighted by atomic mass is 10.2. The fourth-order valence-electron chi connectivity index (χ4n) is 2.25. The lowest BCUT2D eigenvalue weighted by Gasteiger charge is -2.23. The van der Waals surface area contributed by atoms with Crippen molar-refractivity contribution in [1.82, 2.24) is 5.32 Å². The van der Waals surface area contributed by atoms with Crippen molar-refractivity contribution in [3.63, 3.8) is 0 Å². The van der Waals surface area contributed by atoms with E-state index in [4.69, 9.17) is 4.74 Å². The minimum absolute atomic E-state index is 0.0253. The van der Waals surface area contributed by atoms with Crippen LogP contribution < -0.4 is 14.4 Å². The van der Waals surface area contributed by atoms with Crippen molar-refractivity contribution in [2.24, 2.45) is 0 Å². The second-order valence-corrected chi connectivity index (χ2v) is 7.65. The van der Waals surface area contributed by atoms with E-state index >= 15 is 0 Å². The normalized spacial score (nSPS) is 11.0. The van der Waals surface area contributed by atoms with Crippen LogP contribution in [-0.2, 0) is 14.8 Å². The van der Waals surface area contributed by atoms with Crippen LogP contribution in [0, 0.1) is 12.7 Å². The molecule has 0 aliphatic rings. The molecule has 1 N–H and O–H groups in total. The van der Waals surface area contributed by atoms with Gasteiger partial charge in [0.25, 0.3) is 5.91 Å². The maximum Gasteiger partial charge on any atom is 0.258 e. The van der Waals surface area contributed by atoms with Gasteiger partial charge in [0, 0.05) is 6.54 Å². The highest BCUT2D eigenvalue weighted by molar-refractivity contribution is 7.92. The van der Waals surface area contributed by atoms with E-state index in [0.717, 1.165) is 16.1 Å². The van der Waals surface area contributed by atoms with Gasteiger partial charge in [0.05, 0.1) is 18.5 Å². The number of amides is 1. The van der Waals surface area contributed by atoms with Crippen molar-refractivity contribution in [1.29, 1.82) is 0 Å². The highest BCUT2D eigenvalue weighted by atomic mass is 32.2. The monoisotopic (exact) mass is 380 g/mol. The van der Waals surface area contributed by atoms with E-state index < -0.39 is 21.7 Å². The van der Waals surface area contributed by atoms with Gasteiger partial charge in [-0.3, -0.25) is 9.10 Å². The minimum Gasteiger partial charge on any atom is -0.484 e. The van der Waals surface area contributed by atoms with E-state index in [1.54, 1.807) is 18.2 Å². The topological polar surface area (TPSA) is 75.7 Å². The van der Waals surface area contributed by atoms with Crippen LogP contribution in [0.5, 0.6) is 5.75 Å². The average Bonchev–Trinajstić information content (AvgIpc) is 2.58. The Morgan fingerprint density at radius 3 is 2.42 bits per heavy atom. The average molecular weight is 380 g/mol. The van der Waals surface area contributed by atoms with E-state index in [1.165, 1.54) is 18.2 Å². The zero-order valence-electron chi connectivity index (χ0n) is 14.6. The number of ether oxygens (including phenoxy) is 1. The van der Waals surface area contributed by atoms with Gasteiger partial charge in [0.15, 0.2) is 6.61 Å². The first-order valence-corrected chi connectivity index (χ1v) is 9.80. The van der Waals surface area contributed by atoms with Gasteiger partial charge in [0.2, 0.25) is 10.0 Å². The Balaban J connectivity index is 1.88. The van der Waals surface area contributed by atoms with Gasteiger partial charge in [-0.25, -0.2) is 12.8 Å². The number of sulfonamides is 1. The van der Waals surface area contributed by atoms with Gasteiger partial charge in [-0.2, -0.15) is 0 Å². The number of nitrogens with one attached hydrogen (secondary N) is 1. The number of rotatable bonds is 8. The van der Waals surface area contributed by atoms with Gasteiger partial charge < -0.3 is 10.1 Å². The summed E-state index contributed by atoms with van der Waals surface area (Å²) in [5.74, 6) is -0.477. The van der Waals surface area contributed by atoms with E-state index in [1.807, 2.05) is 19.1 Å². The second-order valence-electron chi connectivity index (χ2n) is 5.74. The standard InChI is InChI=1S/C18H21FN2O4S/c1-14-7-9-15(10-8-14)25-13-18(22)20-11-12-21(26(2,23)24)17-6-4-3-5-16(17)19/h3-10H,11-13H2,1-2H3,(H,20,22). The predicted molar refractivity (Wildman–Crippen MR) is 98.3 cm³/mol. The number of benzene rings is 2. The Hall–Kier alpha value is -2.61. The summed E-state index contributed by atoms with van der Waals surface area (Å²) in [6.07, 6.45) is 0.988. The number of carbonyl (C=O) groups is 1. The van der Waals surface area contributed by atoms with Crippen LogP contribution >= 0.6 is 0 Å². The van der Waals surface area contributed by atoms with Crippen LogP contribution in [0.2, 0.25) is 0 Å². The van der Waals surface area contributed by atoms with Crippen molar-refractivity contribution in [2.75, 3.05) is 30.3 Å². The maximum absolute atomic E-state index is 13.9. The number of hydrogen-bond acceptors (Lipinski definition) is 4. The lowest BCUT2D eigenvalue weighted by Crippen LogP contribution is -2.39. The van der Waals surface area contributed by atoms with Gasteiger partial charge in [-0.15, -0.1) is 0 Å². The van der Waals surface area contributed by atoms with E-state index in [-0.39, 0.29) is 25.4 Å². The number of hydrogen-bond donors (Lipinski definition) is 1. The molecule has 0 spiro atoms. The number of aryl methyl sites for hydroxylation is 1. The van der Waals surface area contributed by atoms with Gasteiger partial charge >= 0.3 is 0 Å². The molecule has 0 fully saturated rings. The van der Waals surface area contributed by atoms with Crippen LogP contribution in [0.25, 0.3) is 0 Å². The van der Waals surface area contributed by atoms with E-state index in [9.17, 15) is 17.6 Å². The molecule has 0 heterocycles. The fraction of sp³-hybridized carbons (Fsp3) is 0.278. The van der Waals surface area contributed by atoms with Gasteiger partial charge in [-0.05, 0) is 31.2 Å². The molecule has 26 heavy (non-hydrogen) atoms. The minimum atomic E-state index is -3.69. The van der Waals surface area contributed by atoms with Crippen LogP contribution in [0.15, 0.2) is 48.5 Å². The molecule has 0 aromatic heterocycles. The zero-order chi connectivity index (χ0) is 19.2. The summed E-state index contributed by atoms with van der Waals surface area (Å²) in [5, 5.41) is 2.56. The van der Waals surface area contributed by atoms with Crippen LogP contribution in [0.4, 0.5) is 10.1 Å². The van der Waals surface area contributed by atoms with Gasteiger partial charge in [-0.1, -0.05) is 29.8 Å². The molecule has 0 atom stereocenters. The molecule has 2 rings (SSSR count). The Bertz CT molecular complexity index is 854. The molecule has 2 aromatic rings. The Morgan fingerprint density at radius 1 is 1.15 bits per heavy atom. The summed E-state index contributed by atoms with van der Waals surface area (Å²) in [6, 6.07) is 12.8. The highest BCUT2D eigenvalue weighted by Gasteiger charge is 2.20. The number of carbonyl (C=O) groups excluding carboxylic acids is 1. The van der Waals surface area contributed by atoms with Crippen molar-refractivity contribution in [2.45, 2.75) is 6.92 Å². The quantitative estimate of drug-likeness (QED) is 0.761. The summed E-state index contributed by atoms with van der Waals surface area (Å²) >= 11 is 0. The molecule has 0 bridgehead atoms. The molecule has 0 aliphatic heterocycles. The number of nitrogens with zero attached hydrogens (tertiary/aromatic N) is 1. The Labute approximate surface area is 152 Å². The third-order valence-electron chi connectivity index (χ3n) is 3.55. The SMILES string of the molecule is Cc1ccc(OCC(=O)NCCN(c2ccccc2F)S(C)(=O)=O)cc1. The number of para-hydroxylation sites is 1. The third-order valence-corrected chi connectivity index (χ3v) is 4.73. The molecule has 0 saturated carbocycles. The van der Waals surface area contributed by atoms with E-state index in [0.29, 0.717) is 5.75 Å². The van der Waals surface area contributed by atoms with Crippen LogP contribution in [-0.4, -0.2) is 40.3 Å². The van der Waals surface area contributed by atoms with Crippen molar-refractivity contribution in [3.05, 3.63) is 59.9 Å². The maximum atomic E-state index is 13.9. The largest absolute Gasteiger partial charge is 0.484 e. The number of anilines is 1. The van der Waals surface area contributed by atoms with Crippen LogP contribution in [0.1, 0.15) is 5.56 Å². The molecule has 140 valence electrons. The lowest BCUT2D eigenvalue weighted by molar-refractivity contribution is -0.123. The smallest absolute Gasteiger partial charge is 0.258 e. The molecule has 2 aromatic carbocycles. The first-order valence-electron chi connectivity index (χ1n) is 7.96. The van der Waals surface area contributed by atoms with Crippen molar-refractivity contribution in [3.8, 4) is 5.75 Å². The molecule has 0 saturated heterocycles. The summed E-state index contributed by atoms with van der Waals surface area (Å²) < 4.78 is 44.0. The summed E-state index contributed by atoms with van der Waals surface area (Å²) in [7, 11) is -3.69. The fourth-order valence-corrected chi connectivity index (χ4v) is 3.18. The molecule has 1 amide bonds. The zero-order valence-corrected chi connectivity index (χ0v) is 15.4. The van der Waals surface area contributed by atoms with Crippen LogP contribution in [0.3, 0.4) is 0 Å². The van der Waals surface area contributed by atoms with Crippen molar-refractivity contribution >= 4 is 21.6 Å². The highest BCUT2D eigenvalue weighted by Crippen LogP contribution is 2.20. The molecule has 6 nitrogen and oxygen atoms in total. The first-order chi connectivity index (χ1) is 12.3. The summed E-state index contributed by atoms with van der Waals surface area (Å²) in [4.78, 5) is 11.8. The molecule has 0 radical (unpaired) electrons. The summed E-state index contributed by atoms with van der Waals surface area (Å²) in [6.45, 7) is 1.69. The third kappa shape index (κ3) is 5.73. The van der Waals surface area contributed by atoms with Gasteiger partial charge in [0.1, 0.15) is 11.6 Å². The first kappa shape index (κ1) is 19.7. The Morgan fingerprint density at radius 2 is 1.81 bits per heavy atom. The molecular weight excluding hydrogens is 359 g/mol. The molecule has 0 aliphatic carbocycles. The second kappa shape index (κ2) is 8.66. The number of halogens is 1. The molecule has 0 unspecified atom stereocenters. The predicted octanol–water partition coefficient (Wildman–Crippen LogP) is 2.10. The van der Waals surface area contributed by atoms with E-state index in [2.05, 4.69) is 5.32 Å². The molecular formula is C18H21FN2O4S. The Kier molecular flexibility index (Phi) is 6.57. The molecule has 8 heteroatoms. The summed E-state index contributed by atoms with van der Waals surface area (Å²) in [5.41, 5.74) is 1.02. The van der Waals surface area contributed by atoms with Crippen molar-refractivity contribution < 1.29 is 22.3 Å².